The summed E-state index contributed by atoms with van der Waals surface area (Å²) in [5, 5.41) is 10.0. The smallest absolute Gasteiger partial charge is 0.137 e. The van der Waals surface area contributed by atoms with Crippen LogP contribution in [-0.2, 0) is 6.42 Å². The molecule has 0 saturated heterocycles. The van der Waals surface area contributed by atoms with Gasteiger partial charge in [-0.05, 0) is 25.5 Å². The van der Waals surface area contributed by atoms with Crippen molar-refractivity contribution in [2.75, 3.05) is 6.54 Å². The summed E-state index contributed by atoms with van der Waals surface area (Å²) in [4.78, 5) is 4.07. The molecule has 1 aromatic carbocycles. The number of H-pyrrole nitrogens is 1. The summed E-state index contributed by atoms with van der Waals surface area (Å²) in [5.41, 5.74) is 0.740. The molecule has 2 N–H and O–H groups in total. The van der Waals surface area contributed by atoms with Gasteiger partial charge in [-0.15, -0.1) is 0 Å². The van der Waals surface area contributed by atoms with E-state index < -0.39 is 0 Å². The van der Waals surface area contributed by atoms with Crippen molar-refractivity contribution in [3.8, 4) is 0 Å². The third kappa shape index (κ3) is 3.86. The number of hydrogen-bond acceptors (Lipinski definition) is 3. The second kappa shape index (κ2) is 6.99. The van der Waals surface area contributed by atoms with Gasteiger partial charge in [-0.2, -0.15) is 5.10 Å². The number of nitrogens with one attached hydrogen (secondary N) is 2. The van der Waals surface area contributed by atoms with E-state index in [1.54, 1.807) is 6.07 Å². The SMILES string of the molecule is CCC(NCCCc1ncn[nH]1)c1ccccc1F. The first-order valence-corrected chi connectivity index (χ1v) is 6.63. The van der Waals surface area contributed by atoms with Crippen LogP contribution in [0.3, 0.4) is 0 Å². The summed E-state index contributed by atoms with van der Waals surface area (Å²) in [6, 6.07) is 7.00. The van der Waals surface area contributed by atoms with Crippen LogP contribution in [0.1, 0.15) is 37.2 Å². The molecule has 0 radical (unpaired) electrons. The molecule has 2 aromatic rings. The van der Waals surface area contributed by atoms with Gasteiger partial charge in [0.25, 0.3) is 0 Å². The Morgan fingerprint density at radius 3 is 2.89 bits per heavy atom. The van der Waals surface area contributed by atoms with E-state index in [9.17, 15) is 4.39 Å². The quantitative estimate of drug-likeness (QED) is 0.754. The number of aromatic amines is 1. The molecule has 19 heavy (non-hydrogen) atoms. The summed E-state index contributed by atoms with van der Waals surface area (Å²) >= 11 is 0. The molecule has 1 heterocycles. The van der Waals surface area contributed by atoms with Gasteiger partial charge in [0.2, 0.25) is 0 Å². The largest absolute Gasteiger partial charge is 0.310 e. The Morgan fingerprint density at radius 2 is 2.21 bits per heavy atom. The minimum atomic E-state index is -0.142. The van der Waals surface area contributed by atoms with E-state index >= 15 is 0 Å². The molecular formula is C14H19FN4. The Bertz CT molecular complexity index is 484. The number of halogens is 1. The van der Waals surface area contributed by atoms with Crippen molar-refractivity contribution >= 4 is 0 Å². The fourth-order valence-corrected chi connectivity index (χ4v) is 2.12. The number of aromatic nitrogens is 3. The average Bonchev–Trinajstić information content (AvgIpc) is 2.93. The average molecular weight is 262 g/mol. The second-order valence-electron chi connectivity index (χ2n) is 4.47. The molecule has 0 aliphatic rings. The normalized spacial score (nSPS) is 12.5. The number of hydrogen-bond donors (Lipinski definition) is 2. The number of benzene rings is 1. The fourth-order valence-electron chi connectivity index (χ4n) is 2.12. The molecule has 1 aromatic heterocycles. The second-order valence-corrected chi connectivity index (χ2v) is 4.47. The number of nitrogens with zero attached hydrogens (tertiary/aromatic N) is 2. The first-order chi connectivity index (χ1) is 9.31. The maximum Gasteiger partial charge on any atom is 0.137 e. The van der Waals surface area contributed by atoms with Crippen molar-refractivity contribution in [1.82, 2.24) is 20.5 Å². The molecule has 1 unspecified atom stereocenters. The van der Waals surface area contributed by atoms with Gasteiger partial charge in [-0.1, -0.05) is 25.1 Å². The summed E-state index contributed by atoms with van der Waals surface area (Å²) in [7, 11) is 0. The minimum Gasteiger partial charge on any atom is -0.310 e. The Labute approximate surface area is 112 Å². The maximum absolute atomic E-state index is 13.7. The van der Waals surface area contributed by atoms with Crippen molar-refractivity contribution in [3.63, 3.8) is 0 Å². The molecule has 0 spiro atoms. The van der Waals surface area contributed by atoms with Crippen LogP contribution in [0, 0.1) is 5.82 Å². The lowest BCUT2D eigenvalue weighted by atomic mass is 10.0. The van der Waals surface area contributed by atoms with E-state index in [0.717, 1.165) is 37.2 Å². The molecule has 5 heteroatoms. The third-order valence-corrected chi connectivity index (χ3v) is 3.13. The first-order valence-electron chi connectivity index (χ1n) is 6.63. The van der Waals surface area contributed by atoms with Crippen molar-refractivity contribution in [3.05, 3.63) is 47.8 Å². The van der Waals surface area contributed by atoms with E-state index in [1.807, 2.05) is 12.1 Å². The van der Waals surface area contributed by atoms with Crippen molar-refractivity contribution < 1.29 is 4.39 Å². The van der Waals surface area contributed by atoms with Gasteiger partial charge in [0.15, 0.2) is 0 Å². The highest BCUT2D eigenvalue weighted by atomic mass is 19.1. The lowest BCUT2D eigenvalue weighted by Crippen LogP contribution is -2.23. The number of rotatable bonds is 7. The molecule has 0 amide bonds. The Hall–Kier alpha value is -1.75. The summed E-state index contributed by atoms with van der Waals surface area (Å²) in [6.07, 6.45) is 4.17. The van der Waals surface area contributed by atoms with Crippen LogP contribution in [0.2, 0.25) is 0 Å². The first kappa shape index (κ1) is 13.7. The van der Waals surface area contributed by atoms with Crippen molar-refractivity contribution in [1.29, 1.82) is 0 Å². The van der Waals surface area contributed by atoms with Crippen LogP contribution in [0.25, 0.3) is 0 Å². The van der Waals surface area contributed by atoms with Crippen LogP contribution in [0.15, 0.2) is 30.6 Å². The predicted octanol–water partition coefficient (Wildman–Crippen LogP) is 2.62. The Kier molecular flexibility index (Phi) is 5.03. The van der Waals surface area contributed by atoms with Gasteiger partial charge in [0.1, 0.15) is 18.0 Å². The van der Waals surface area contributed by atoms with Gasteiger partial charge in [-0.3, -0.25) is 5.10 Å². The van der Waals surface area contributed by atoms with E-state index in [2.05, 4.69) is 27.4 Å². The Balaban J connectivity index is 1.81. The third-order valence-electron chi connectivity index (χ3n) is 3.13. The molecule has 4 nitrogen and oxygen atoms in total. The summed E-state index contributed by atoms with van der Waals surface area (Å²) in [6.45, 7) is 2.88. The van der Waals surface area contributed by atoms with E-state index in [4.69, 9.17) is 0 Å². The molecule has 0 aliphatic carbocycles. The monoisotopic (exact) mass is 262 g/mol. The predicted molar refractivity (Wildman–Crippen MR) is 72.1 cm³/mol. The molecule has 0 saturated carbocycles. The Morgan fingerprint density at radius 1 is 1.37 bits per heavy atom. The van der Waals surface area contributed by atoms with Crippen LogP contribution in [0.4, 0.5) is 4.39 Å². The summed E-state index contributed by atoms with van der Waals surface area (Å²) < 4.78 is 13.7. The van der Waals surface area contributed by atoms with Gasteiger partial charge >= 0.3 is 0 Å². The van der Waals surface area contributed by atoms with Gasteiger partial charge in [-0.25, -0.2) is 9.37 Å². The topological polar surface area (TPSA) is 53.6 Å². The molecule has 0 fully saturated rings. The fraction of sp³-hybridized carbons (Fsp3) is 0.429. The van der Waals surface area contributed by atoms with E-state index in [0.29, 0.717) is 0 Å². The van der Waals surface area contributed by atoms with Crippen molar-refractivity contribution in [2.24, 2.45) is 0 Å². The molecule has 0 aliphatic heterocycles. The highest BCUT2D eigenvalue weighted by molar-refractivity contribution is 5.21. The lowest BCUT2D eigenvalue weighted by molar-refractivity contribution is 0.482. The standard InChI is InChI=1S/C14H19FN4/c1-2-13(11-6-3-4-7-12(11)15)16-9-5-8-14-17-10-18-19-14/h3-4,6-7,10,13,16H,2,5,8-9H2,1H3,(H,17,18,19). The molecule has 1 atom stereocenters. The zero-order valence-corrected chi connectivity index (χ0v) is 11.1. The van der Waals surface area contributed by atoms with Gasteiger partial charge < -0.3 is 5.32 Å². The molecule has 102 valence electrons. The lowest BCUT2D eigenvalue weighted by Gasteiger charge is -2.17. The van der Waals surface area contributed by atoms with Gasteiger partial charge in [0, 0.05) is 18.0 Å². The van der Waals surface area contributed by atoms with E-state index in [1.165, 1.54) is 12.4 Å². The summed E-state index contributed by atoms with van der Waals surface area (Å²) in [5.74, 6) is 0.748. The molecular weight excluding hydrogens is 243 g/mol. The highest BCUT2D eigenvalue weighted by Crippen LogP contribution is 2.19. The van der Waals surface area contributed by atoms with Crippen molar-refractivity contribution in [2.45, 2.75) is 32.2 Å². The molecule has 0 bridgehead atoms. The molecule has 2 rings (SSSR count). The van der Waals surface area contributed by atoms with Gasteiger partial charge in [0.05, 0.1) is 0 Å². The van der Waals surface area contributed by atoms with Crippen LogP contribution in [-0.4, -0.2) is 21.7 Å². The van der Waals surface area contributed by atoms with Crippen LogP contribution < -0.4 is 5.32 Å². The van der Waals surface area contributed by atoms with E-state index in [-0.39, 0.29) is 11.9 Å². The van der Waals surface area contributed by atoms with Crippen LogP contribution >= 0.6 is 0 Å². The zero-order valence-electron chi connectivity index (χ0n) is 11.1. The number of aryl methyl sites for hydroxylation is 1. The zero-order chi connectivity index (χ0) is 13.5. The maximum atomic E-state index is 13.7. The highest BCUT2D eigenvalue weighted by Gasteiger charge is 2.12. The van der Waals surface area contributed by atoms with Crippen LogP contribution in [0.5, 0.6) is 0 Å². The minimum absolute atomic E-state index is 0.0657.